The van der Waals surface area contributed by atoms with E-state index in [0.717, 1.165) is 43.4 Å². The SMILES string of the molecule is CCc1cnc(CNC(=O)N[C@H]2CCCC[C@H]2NS(C)(=O)=O)s1. The highest BCUT2D eigenvalue weighted by atomic mass is 32.2. The van der Waals surface area contributed by atoms with E-state index in [4.69, 9.17) is 0 Å². The summed E-state index contributed by atoms with van der Waals surface area (Å²) in [6.45, 7) is 2.45. The fraction of sp³-hybridized carbons (Fsp3) is 0.714. The number of rotatable bonds is 6. The summed E-state index contributed by atoms with van der Waals surface area (Å²) >= 11 is 1.58. The molecular formula is C14H24N4O3S2. The number of thiazole rings is 1. The maximum atomic E-state index is 12.0. The highest BCUT2D eigenvalue weighted by molar-refractivity contribution is 7.88. The quantitative estimate of drug-likeness (QED) is 0.713. The monoisotopic (exact) mass is 360 g/mol. The molecule has 0 radical (unpaired) electrons. The van der Waals surface area contributed by atoms with Gasteiger partial charge in [0.1, 0.15) is 5.01 Å². The molecule has 3 N–H and O–H groups in total. The molecule has 23 heavy (non-hydrogen) atoms. The number of carbonyl (C=O) groups excluding carboxylic acids is 1. The molecule has 1 aliphatic rings. The van der Waals surface area contributed by atoms with Crippen LogP contribution in [0.3, 0.4) is 0 Å². The summed E-state index contributed by atoms with van der Waals surface area (Å²) in [4.78, 5) is 17.5. The number of nitrogens with zero attached hydrogens (tertiary/aromatic N) is 1. The smallest absolute Gasteiger partial charge is 0.315 e. The van der Waals surface area contributed by atoms with E-state index in [1.54, 1.807) is 11.3 Å². The van der Waals surface area contributed by atoms with Crippen LogP contribution < -0.4 is 15.4 Å². The number of aryl methyl sites for hydroxylation is 1. The van der Waals surface area contributed by atoms with Crippen molar-refractivity contribution >= 4 is 27.4 Å². The zero-order valence-electron chi connectivity index (χ0n) is 13.5. The zero-order valence-corrected chi connectivity index (χ0v) is 15.1. The summed E-state index contributed by atoms with van der Waals surface area (Å²) in [5, 5.41) is 6.54. The van der Waals surface area contributed by atoms with Crippen LogP contribution in [0.2, 0.25) is 0 Å². The lowest BCUT2D eigenvalue weighted by Crippen LogP contribution is -2.54. The second kappa shape index (κ2) is 8.07. The maximum Gasteiger partial charge on any atom is 0.315 e. The van der Waals surface area contributed by atoms with Crippen molar-refractivity contribution in [3.8, 4) is 0 Å². The molecule has 2 atom stereocenters. The first-order valence-corrected chi connectivity index (χ1v) is 10.5. The molecule has 0 unspecified atom stereocenters. The second-order valence-electron chi connectivity index (χ2n) is 5.79. The van der Waals surface area contributed by atoms with Gasteiger partial charge in [0.05, 0.1) is 12.8 Å². The second-order valence-corrected chi connectivity index (χ2v) is 8.77. The van der Waals surface area contributed by atoms with Crippen LogP contribution in [0.5, 0.6) is 0 Å². The third-order valence-electron chi connectivity index (χ3n) is 3.80. The third-order valence-corrected chi connectivity index (χ3v) is 5.67. The fourth-order valence-corrected chi connectivity index (χ4v) is 4.32. The molecular weight excluding hydrogens is 336 g/mol. The van der Waals surface area contributed by atoms with Gasteiger partial charge in [-0.15, -0.1) is 11.3 Å². The minimum atomic E-state index is -3.28. The van der Waals surface area contributed by atoms with E-state index in [0.29, 0.717) is 6.54 Å². The summed E-state index contributed by atoms with van der Waals surface area (Å²) < 4.78 is 25.5. The lowest BCUT2D eigenvalue weighted by molar-refractivity contribution is 0.227. The number of carbonyl (C=O) groups is 1. The van der Waals surface area contributed by atoms with E-state index in [1.807, 2.05) is 6.20 Å². The Balaban J connectivity index is 1.84. The Hall–Kier alpha value is -1.19. The lowest BCUT2D eigenvalue weighted by Gasteiger charge is -2.32. The highest BCUT2D eigenvalue weighted by Gasteiger charge is 2.28. The average Bonchev–Trinajstić information content (AvgIpc) is 2.94. The lowest BCUT2D eigenvalue weighted by atomic mass is 9.91. The Morgan fingerprint density at radius 2 is 2.04 bits per heavy atom. The van der Waals surface area contributed by atoms with Crippen molar-refractivity contribution in [3.05, 3.63) is 16.1 Å². The molecule has 1 saturated carbocycles. The Kier molecular flexibility index (Phi) is 6.37. The summed E-state index contributed by atoms with van der Waals surface area (Å²) in [5.41, 5.74) is 0. The third kappa shape index (κ3) is 6.08. The number of nitrogens with one attached hydrogen (secondary N) is 3. The summed E-state index contributed by atoms with van der Waals surface area (Å²) in [6, 6.07) is -0.706. The molecule has 0 bridgehead atoms. The van der Waals surface area contributed by atoms with E-state index in [9.17, 15) is 13.2 Å². The first-order valence-electron chi connectivity index (χ1n) is 7.82. The van der Waals surface area contributed by atoms with Gasteiger partial charge in [0, 0.05) is 23.2 Å². The number of urea groups is 1. The Morgan fingerprint density at radius 3 is 2.65 bits per heavy atom. The number of aromatic nitrogens is 1. The topological polar surface area (TPSA) is 100 Å². The standard InChI is InChI=1S/C14H24N4O3S2/c1-3-10-8-15-13(22-10)9-16-14(19)17-11-6-4-5-7-12(11)18-23(2,20)21/h8,11-12,18H,3-7,9H2,1-2H3,(H2,16,17,19)/t11-,12+/m0/s1. The van der Waals surface area contributed by atoms with Gasteiger partial charge in [-0.1, -0.05) is 19.8 Å². The predicted molar refractivity (Wildman–Crippen MR) is 90.9 cm³/mol. The normalized spacial score (nSPS) is 21.8. The van der Waals surface area contributed by atoms with E-state index in [2.05, 4.69) is 27.3 Å². The molecule has 7 nitrogen and oxygen atoms in total. The van der Waals surface area contributed by atoms with Crippen LogP contribution in [-0.2, 0) is 23.0 Å². The molecule has 9 heteroatoms. The molecule has 0 saturated heterocycles. The van der Waals surface area contributed by atoms with Gasteiger partial charge in [0.2, 0.25) is 10.0 Å². The van der Waals surface area contributed by atoms with E-state index >= 15 is 0 Å². The Labute approximate surface area is 141 Å². The van der Waals surface area contributed by atoms with Crippen molar-refractivity contribution in [1.82, 2.24) is 20.3 Å². The molecule has 1 heterocycles. The number of amides is 2. The fourth-order valence-electron chi connectivity index (χ4n) is 2.69. The molecule has 0 aliphatic heterocycles. The van der Waals surface area contributed by atoms with Crippen molar-refractivity contribution < 1.29 is 13.2 Å². The van der Waals surface area contributed by atoms with Crippen LogP contribution >= 0.6 is 11.3 Å². The molecule has 1 aromatic rings. The largest absolute Gasteiger partial charge is 0.334 e. The molecule has 1 fully saturated rings. The van der Waals surface area contributed by atoms with Crippen LogP contribution in [0.15, 0.2) is 6.20 Å². The Morgan fingerprint density at radius 1 is 1.35 bits per heavy atom. The number of hydrogen-bond donors (Lipinski definition) is 3. The van der Waals surface area contributed by atoms with Crippen molar-refractivity contribution in [1.29, 1.82) is 0 Å². The van der Waals surface area contributed by atoms with Gasteiger partial charge in [-0.2, -0.15) is 0 Å². The van der Waals surface area contributed by atoms with Crippen molar-refractivity contribution in [2.45, 2.75) is 57.7 Å². The molecule has 0 spiro atoms. The summed E-state index contributed by atoms with van der Waals surface area (Å²) in [7, 11) is -3.28. The summed E-state index contributed by atoms with van der Waals surface area (Å²) in [5.74, 6) is 0. The molecule has 1 aromatic heterocycles. The zero-order chi connectivity index (χ0) is 16.9. The van der Waals surface area contributed by atoms with Gasteiger partial charge in [0.25, 0.3) is 0 Å². The summed E-state index contributed by atoms with van der Waals surface area (Å²) in [6.07, 6.45) is 7.37. The highest BCUT2D eigenvalue weighted by Crippen LogP contribution is 2.19. The number of hydrogen-bond acceptors (Lipinski definition) is 5. The van der Waals surface area contributed by atoms with Crippen LogP contribution in [-0.4, -0.2) is 37.8 Å². The Bertz CT molecular complexity index is 630. The van der Waals surface area contributed by atoms with E-state index in [1.165, 1.54) is 4.88 Å². The van der Waals surface area contributed by atoms with Gasteiger partial charge in [0.15, 0.2) is 0 Å². The van der Waals surface area contributed by atoms with Crippen molar-refractivity contribution in [3.63, 3.8) is 0 Å². The molecule has 2 rings (SSSR count). The van der Waals surface area contributed by atoms with Gasteiger partial charge < -0.3 is 10.6 Å². The average molecular weight is 361 g/mol. The van der Waals surface area contributed by atoms with Crippen molar-refractivity contribution in [2.24, 2.45) is 0 Å². The van der Waals surface area contributed by atoms with Gasteiger partial charge in [-0.05, 0) is 19.3 Å². The van der Waals surface area contributed by atoms with Crippen LogP contribution in [0, 0.1) is 0 Å². The first kappa shape index (κ1) is 18.2. The van der Waals surface area contributed by atoms with Gasteiger partial charge >= 0.3 is 6.03 Å². The van der Waals surface area contributed by atoms with E-state index < -0.39 is 10.0 Å². The van der Waals surface area contributed by atoms with Crippen molar-refractivity contribution in [2.75, 3.05) is 6.26 Å². The minimum absolute atomic E-state index is 0.180. The molecule has 2 amide bonds. The van der Waals surface area contributed by atoms with Crippen LogP contribution in [0.25, 0.3) is 0 Å². The van der Waals surface area contributed by atoms with Gasteiger partial charge in [-0.25, -0.2) is 22.9 Å². The minimum Gasteiger partial charge on any atom is -0.334 e. The van der Waals surface area contributed by atoms with Crippen LogP contribution in [0.1, 0.15) is 42.5 Å². The molecule has 130 valence electrons. The molecule has 1 aliphatic carbocycles. The first-order chi connectivity index (χ1) is 10.9. The molecule has 0 aromatic carbocycles. The number of sulfonamides is 1. The predicted octanol–water partition coefficient (Wildman–Crippen LogP) is 1.37. The van der Waals surface area contributed by atoms with Gasteiger partial charge in [-0.3, -0.25) is 0 Å². The van der Waals surface area contributed by atoms with E-state index in [-0.39, 0.29) is 18.1 Å². The maximum absolute atomic E-state index is 12.0. The van der Waals surface area contributed by atoms with Crippen LogP contribution in [0.4, 0.5) is 4.79 Å².